The van der Waals surface area contributed by atoms with Crippen molar-refractivity contribution in [2.24, 2.45) is 22.2 Å². The monoisotopic (exact) mass is 527 g/mol. The third kappa shape index (κ3) is 5.76. The highest BCUT2D eigenvalue weighted by atomic mass is 32.1. The first-order chi connectivity index (χ1) is 17.4. The molecule has 2 amide bonds. The second-order valence-corrected chi connectivity index (χ2v) is 13.7. The molecule has 0 radical (unpaired) electrons. The highest BCUT2D eigenvalue weighted by Crippen LogP contribution is 2.62. The lowest BCUT2D eigenvalue weighted by Gasteiger charge is -2.58. The number of hydrogen-bond acceptors (Lipinski definition) is 6. The summed E-state index contributed by atoms with van der Waals surface area (Å²) in [5, 5.41) is 28.0. The molecule has 2 aromatic rings. The predicted molar refractivity (Wildman–Crippen MR) is 146 cm³/mol. The van der Waals surface area contributed by atoms with Gasteiger partial charge < -0.3 is 20.8 Å². The normalized spacial score (nSPS) is 29.2. The van der Waals surface area contributed by atoms with Gasteiger partial charge in [-0.15, -0.1) is 11.3 Å². The summed E-state index contributed by atoms with van der Waals surface area (Å²) in [4.78, 5) is 31.8. The summed E-state index contributed by atoms with van der Waals surface area (Å²) >= 11 is 1.46. The molecule has 1 heterocycles. The van der Waals surface area contributed by atoms with Crippen molar-refractivity contribution in [3.05, 3.63) is 46.5 Å². The van der Waals surface area contributed by atoms with Crippen LogP contribution >= 0.6 is 11.3 Å². The van der Waals surface area contributed by atoms with E-state index in [1.165, 1.54) is 11.3 Å². The lowest BCUT2D eigenvalue weighted by molar-refractivity contribution is -0.144. The van der Waals surface area contributed by atoms with Crippen molar-refractivity contribution in [2.75, 3.05) is 11.9 Å². The van der Waals surface area contributed by atoms with Crippen LogP contribution in [0.4, 0.5) is 5.13 Å². The number of benzene rings is 1. The van der Waals surface area contributed by atoms with Crippen LogP contribution in [-0.4, -0.2) is 39.7 Å². The molecule has 0 bridgehead atoms. The quantitative estimate of drug-likeness (QED) is 0.419. The van der Waals surface area contributed by atoms with Crippen LogP contribution in [0.25, 0.3) is 0 Å². The van der Waals surface area contributed by atoms with Crippen LogP contribution in [-0.2, 0) is 22.6 Å². The number of aliphatic hydroxyl groups is 2. The second kappa shape index (κ2) is 10.5. The number of carbonyl (C=O) groups is 2. The summed E-state index contributed by atoms with van der Waals surface area (Å²) in [6, 6.07) is 9.82. The summed E-state index contributed by atoms with van der Waals surface area (Å²) in [7, 11) is 0. The molecule has 2 aliphatic carbocycles. The molecule has 202 valence electrons. The molecule has 4 N–H and O–H groups in total. The maximum atomic E-state index is 13.2. The first-order valence-corrected chi connectivity index (χ1v) is 14.1. The van der Waals surface area contributed by atoms with Crippen molar-refractivity contribution < 1.29 is 19.8 Å². The number of anilines is 1. The number of aromatic nitrogens is 1. The summed E-state index contributed by atoms with van der Waals surface area (Å²) in [5.74, 6) is -0.327. The maximum absolute atomic E-state index is 13.2. The molecule has 7 nitrogen and oxygen atoms in total. The van der Waals surface area contributed by atoms with E-state index in [-0.39, 0.29) is 47.5 Å². The Balaban J connectivity index is 1.64. The Kier molecular flexibility index (Phi) is 7.84. The van der Waals surface area contributed by atoms with Crippen LogP contribution in [0.2, 0.25) is 0 Å². The molecular formula is C29H41N3O4S. The van der Waals surface area contributed by atoms with Crippen LogP contribution in [0.3, 0.4) is 0 Å². The van der Waals surface area contributed by atoms with Gasteiger partial charge in [0.25, 0.3) is 0 Å². The third-order valence-electron chi connectivity index (χ3n) is 8.55. The fourth-order valence-corrected chi connectivity index (χ4v) is 7.48. The van der Waals surface area contributed by atoms with Gasteiger partial charge in [-0.05, 0) is 41.6 Å². The van der Waals surface area contributed by atoms with Crippen molar-refractivity contribution in [1.82, 2.24) is 10.3 Å². The Morgan fingerprint density at radius 1 is 1.16 bits per heavy atom. The zero-order valence-corrected chi connectivity index (χ0v) is 23.5. The van der Waals surface area contributed by atoms with Gasteiger partial charge in [0.15, 0.2) is 5.13 Å². The highest BCUT2D eigenvalue weighted by Gasteiger charge is 2.59. The lowest BCUT2D eigenvalue weighted by atomic mass is 9.47. The lowest BCUT2D eigenvalue weighted by Crippen LogP contribution is -2.57. The Morgan fingerprint density at radius 2 is 1.86 bits per heavy atom. The van der Waals surface area contributed by atoms with Gasteiger partial charge in [0.2, 0.25) is 11.8 Å². The number of aliphatic hydroxyl groups excluding tert-OH is 2. The van der Waals surface area contributed by atoms with Gasteiger partial charge in [0.05, 0.1) is 18.4 Å². The Labute approximate surface area is 224 Å². The summed E-state index contributed by atoms with van der Waals surface area (Å²) in [5.41, 5.74) is 0.774. The first kappa shape index (κ1) is 27.7. The smallest absolute Gasteiger partial charge is 0.226 e. The highest BCUT2D eigenvalue weighted by molar-refractivity contribution is 7.15. The number of fused-ring (bicyclic) bond motifs is 2. The molecular weight excluding hydrogens is 486 g/mol. The summed E-state index contributed by atoms with van der Waals surface area (Å²) in [6.45, 7) is 10.6. The number of hydrogen-bond donors (Lipinski definition) is 4. The third-order valence-corrected chi connectivity index (χ3v) is 9.56. The van der Waals surface area contributed by atoms with E-state index in [1.807, 2.05) is 58.0 Å². The number of carbonyl (C=O) groups excluding carboxylic acids is 2. The molecule has 5 unspecified atom stereocenters. The zero-order valence-electron chi connectivity index (χ0n) is 22.6. The predicted octanol–water partition coefficient (Wildman–Crippen LogP) is 4.64. The maximum Gasteiger partial charge on any atom is 0.226 e. The van der Waals surface area contributed by atoms with Gasteiger partial charge in [0.1, 0.15) is 0 Å². The molecule has 1 fully saturated rings. The van der Waals surface area contributed by atoms with Gasteiger partial charge in [-0.2, -0.15) is 0 Å². The average Bonchev–Trinajstić information content (AvgIpc) is 3.23. The molecule has 4 rings (SSSR count). The van der Waals surface area contributed by atoms with Gasteiger partial charge >= 0.3 is 0 Å². The van der Waals surface area contributed by atoms with E-state index in [0.29, 0.717) is 30.9 Å². The molecule has 1 aromatic carbocycles. The molecule has 1 aromatic heterocycles. The second-order valence-electron chi connectivity index (χ2n) is 12.6. The van der Waals surface area contributed by atoms with Gasteiger partial charge in [-0.25, -0.2) is 4.98 Å². The Bertz CT molecular complexity index is 1130. The van der Waals surface area contributed by atoms with Crippen LogP contribution in [0.5, 0.6) is 0 Å². The zero-order chi connectivity index (χ0) is 27.0. The molecule has 8 heteroatoms. The molecule has 37 heavy (non-hydrogen) atoms. The van der Waals surface area contributed by atoms with Gasteiger partial charge in [0, 0.05) is 35.6 Å². The molecule has 0 saturated heterocycles. The van der Waals surface area contributed by atoms with Crippen molar-refractivity contribution in [3.8, 4) is 0 Å². The van der Waals surface area contributed by atoms with Crippen LogP contribution in [0, 0.1) is 22.2 Å². The minimum absolute atomic E-state index is 0.0215. The van der Waals surface area contributed by atoms with Crippen LogP contribution < -0.4 is 10.6 Å². The van der Waals surface area contributed by atoms with Crippen LogP contribution in [0.1, 0.15) is 82.4 Å². The van der Waals surface area contributed by atoms with E-state index < -0.39 is 11.5 Å². The van der Waals surface area contributed by atoms with Crippen molar-refractivity contribution in [3.63, 3.8) is 0 Å². The summed E-state index contributed by atoms with van der Waals surface area (Å²) in [6.07, 6.45) is 2.02. The SMILES string of the molecule is CC(C)(C)CC(=O)Nc1nc2c(s1)CC1C(C)(CO)C(O)CCC1(C)C2CC(=O)NCc1ccccc1. The van der Waals surface area contributed by atoms with Crippen LogP contribution in [0.15, 0.2) is 30.3 Å². The molecule has 0 aliphatic heterocycles. The van der Waals surface area contributed by atoms with E-state index in [2.05, 4.69) is 17.6 Å². The van der Waals surface area contributed by atoms with Crippen molar-refractivity contribution in [1.29, 1.82) is 0 Å². The molecule has 5 atom stereocenters. The van der Waals surface area contributed by atoms with Gasteiger partial charge in [-0.3, -0.25) is 9.59 Å². The van der Waals surface area contributed by atoms with E-state index in [1.54, 1.807) is 0 Å². The van der Waals surface area contributed by atoms with Gasteiger partial charge in [-0.1, -0.05) is 65.0 Å². The number of amides is 2. The largest absolute Gasteiger partial charge is 0.396 e. The van der Waals surface area contributed by atoms with E-state index in [0.717, 1.165) is 22.6 Å². The van der Waals surface area contributed by atoms with E-state index in [4.69, 9.17) is 4.98 Å². The topological polar surface area (TPSA) is 112 Å². The standard InChI is InChI=1S/C29H41N3O4S/c1-27(2,3)15-24(36)31-26-32-25-19(13-23(35)30-16-18-9-7-6-8-10-18)28(4)12-11-22(34)29(5,17-33)21(28)14-20(25)37-26/h6-10,19,21-22,33-34H,11-17H2,1-5H3,(H,30,35)(H,31,32,36). The number of rotatable bonds is 7. The fraction of sp³-hybridized carbons (Fsp3) is 0.621. The van der Waals surface area contributed by atoms with Crippen molar-refractivity contribution >= 4 is 28.3 Å². The number of nitrogens with zero attached hydrogens (tertiary/aromatic N) is 1. The van der Waals surface area contributed by atoms with E-state index >= 15 is 0 Å². The van der Waals surface area contributed by atoms with E-state index in [9.17, 15) is 19.8 Å². The first-order valence-electron chi connectivity index (χ1n) is 13.2. The minimum atomic E-state index is -0.677. The van der Waals surface area contributed by atoms with Crippen molar-refractivity contribution in [2.45, 2.75) is 85.3 Å². The Morgan fingerprint density at radius 3 is 2.51 bits per heavy atom. The molecule has 2 aliphatic rings. The summed E-state index contributed by atoms with van der Waals surface area (Å²) < 4.78 is 0. The molecule has 1 saturated carbocycles. The number of nitrogens with one attached hydrogen (secondary N) is 2. The minimum Gasteiger partial charge on any atom is -0.396 e. The molecule has 0 spiro atoms. The number of thiazole rings is 1. The Hall–Kier alpha value is -2.29. The average molecular weight is 528 g/mol. The fourth-order valence-electron chi connectivity index (χ4n) is 6.40.